The second-order valence-corrected chi connectivity index (χ2v) is 6.43. The van der Waals surface area contributed by atoms with Crippen LogP contribution < -0.4 is 21.1 Å². The molecule has 1 heterocycles. The number of thiazole rings is 1. The number of nitrogens with one attached hydrogen (secondary N) is 2. The smallest absolute Gasteiger partial charge is 0.255 e. The van der Waals surface area contributed by atoms with Gasteiger partial charge in [0, 0.05) is 31.9 Å². The van der Waals surface area contributed by atoms with Crippen LogP contribution >= 0.6 is 35.3 Å². The van der Waals surface area contributed by atoms with Crippen molar-refractivity contribution >= 4 is 47.2 Å². The Morgan fingerprint density at radius 1 is 1.38 bits per heavy atom. The number of primary amides is 1. The highest BCUT2D eigenvalue weighted by Gasteiger charge is 2.03. The number of benzene rings is 1. The molecule has 1 amide bonds. The number of nitrogens with two attached hydrogens (primary N) is 1. The molecule has 0 unspecified atom stereocenters. The van der Waals surface area contributed by atoms with Gasteiger partial charge in [-0.25, -0.2) is 4.98 Å². The fraction of sp³-hybridized carbons (Fsp3) is 0.353. The van der Waals surface area contributed by atoms with Gasteiger partial charge in [0.2, 0.25) is 0 Å². The Kier molecular flexibility index (Phi) is 9.96. The Morgan fingerprint density at radius 2 is 2.19 bits per heavy atom. The molecule has 142 valence electrons. The molecule has 0 aliphatic carbocycles. The number of carbonyl (C=O) groups excluding carboxylic acids is 1. The van der Waals surface area contributed by atoms with E-state index in [1.165, 1.54) is 0 Å². The van der Waals surface area contributed by atoms with Crippen LogP contribution in [-0.4, -0.2) is 37.1 Å². The average Bonchev–Trinajstić information content (AvgIpc) is 3.01. The summed E-state index contributed by atoms with van der Waals surface area (Å²) in [5, 5.41) is 9.66. The third-order valence-electron chi connectivity index (χ3n) is 3.30. The Morgan fingerprint density at radius 3 is 2.85 bits per heavy atom. The van der Waals surface area contributed by atoms with Gasteiger partial charge in [-0.3, -0.25) is 9.79 Å². The SMILES string of the molecule is CN=C(NCCc1csc(C)n1)NCc1cccc(OCC(N)=O)c1.I. The van der Waals surface area contributed by atoms with Crippen molar-refractivity contribution in [2.24, 2.45) is 10.7 Å². The average molecular weight is 489 g/mol. The van der Waals surface area contributed by atoms with Crippen LogP contribution in [0.1, 0.15) is 16.3 Å². The summed E-state index contributed by atoms with van der Waals surface area (Å²) in [6, 6.07) is 7.49. The summed E-state index contributed by atoms with van der Waals surface area (Å²) >= 11 is 1.66. The highest BCUT2D eigenvalue weighted by Crippen LogP contribution is 2.13. The molecule has 0 fully saturated rings. The van der Waals surface area contributed by atoms with Crippen molar-refractivity contribution in [2.75, 3.05) is 20.2 Å². The van der Waals surface area contributed by atoms with Crippen LogP contribution in [0.25, 0.3) is 0 Å². The second kappa shape index (κ2) is 11.7. The highest BCUT2D eigenvalue weighted by molar-refractivity contribution is 14.0. The van der Waals surface area contributed by atoms with E-state index in [1.807, 2.05) is 25.1 Å². The summed E-state index contributed by atoms with van der Waals surface area (Å²) in [6.45, 7) is 3.22. The maximum atomic E-state index is 10.8. The first kappa shape index (κ1) is 22.2. The lowest BCUT2D eigenvalue weighted by atomic mass is 10.2. The van der Waals surface area contributed by atoms with Gasteiger partial charge in [0.1, 0.15) is 5.75 Å². The third kappa shape index (κ3) is 8.00. The molecule has 0 saturated carbocycles. The summed E-state index contributed by atoms with van der Waals surface area (Å²) in [5.74, 6) is 0.832. The van der Waals surface area contributed by atoms with Crippen LogP contribution in [0.4, 0.5) is 0 Å². The van der Waals surface area contributed by atoms with Gasteiger partial charge in [-0.05, 0) is 24.6 Å². The van der Waals surface area contributed by atoms with E-state index in [9.17, 15) is 4.79 Å². The zero-order chi connectivity index (χ0) is 18.1. The lowest BCUT2D eigenvalue weighted by Crippen LogP contribution is -2.37. The number of aliphatic imine (C=N–C) groups is 1. The summed E-state index contributed by atoms with van der Waals surface area (Å²) in [6.07, 6.45) is 0.849. The normalized spacial score (nSPS) is 10.8. The van der Waals surface area contributed by atoms with Gasteiger partial charge >= 0.3 is 0 Å². The number of guanidine groups is 1. The van der Waals surface area contributed by atoms with Crippen LogP contribution in [-0.2, 0) is 17.8 Å². The van der Waals surface area contributed by atoms with Gasteiger partial charge in [-0.1, -0.05) is 12.1 Å². The Bertz CT molecular complexity index is 735. The topological polar surface area (TPSA) is 102 Å². The minimum absolute atomic E-state index is 0. The largest absolute Gasteiger partial charge is 0.484 e. The molecule has 0 aliphatic rings. The zero-order valence-corrected chi connectivity index (χ0v) is 18.0. The number of carbonyl (C=O) groups is 1. The highest BCUT2D eigenvalue weighted by atomic mass is 127. The van der Waals surface area contributed by atoms with E-state index < -0.39 is 5.91 Å². The maximum absolute atomic E-state index is 10.8. The Hall–Kier alpha value is -1.88. The van der Waals surface area contributed by atoms with E-state index in [0.29, 0.717) is 12.3 Å². The standard InChI is InChI=1S/C17H23N5O2S.HI/c1-12-22-14(11-25-12)6-7-20-17(19-2)21-9-13-4-3-5-15(8-13)24-10-16(18)23;/h3-5,8,11H,6-7,9-10H2,1-2H3,(H2,18,23)(H2,19,20,21);1H. The van der Waals surface area contributed by atoms with E-state index >= 15 is 0 Å². The molecule has 0 atom stereocenters. The fourth-order valence-corrected chi connectivity index (χ4v) is 2.79. The first-order chi connectivity index (χ1) is 12.1. The predicted octanol–water partition coefficient (Wildman–Crippen LogP) is 1.84. The van der Waals surface area contributed by atoms with Crippen molar-refractivity contribution in [3.05, 3.63) is 45.9 Å². The molecule has 0 bridgehead atoms. The number of aryl methyl sites for hydroxylation is 1. The van der Waals surface area contributed by atoms with E-state index in [4.69, 9.17) is 10.5 Å². The van der Waals surface area contributed by atoms with Gasteiger partial charge in [0.05, 0.1) is 10.7 Å². The monoisotopic (exact) mass is 489 g/mol. The molecular formula is C17H24IN5O2S. The van der Waals surface area contributed by atoms with Crippen molar-refractivity contribution in [1.82, 2.24) is 15.6 Å². The lowest BCUT2D eigenvalue weighted by molar-refractivity contribution is -0.119. The molecular weight excluding hydrogens is 465 g/mol. The van der Waals surface area contributed by atoms with Crippen LogP contribution in [0.3, 0.4) is 0 Å². The minimum Gasteiger partial charge on any atom is -0.484 e. The first-order valence-corrected chi connectivity index (χ1v) is 8.80. The second-order valence-electron chi connectivity index (χ2n) is 5.36. The molecule has 0 spiro atoms. The molecule has 2 rings (SSSR count). The van der Waals surface area contributed by atoms with Crippen molar-refractivity contribution in [2.45, 2.75) is 19.9 Å². The van der Waals surface area contributed by atoms with Crippen LogP contribution in [0.15, 0.2) is 34.6 Å². The molecule has 0 aliphatic heterocycles. The summed E-state index contributed by atoms with van der Waals surface area (Å²) < 4.78 is 5.30. The summed E-state index contributed by atoms with van der Waals surface area (Å²) in [4.78, 5) is 19.4. The number of aromatic nitrogens is 1. The molecule has 0 saturated heterocycles. The number of ether oxygens (including phenoxy) is 1. The fourth-order valence-electron chi connectivity index (χ4n) is 2.14. The van der Waals surface area contributed by atoms with E-state index in [2.05, 4.69) is 26.0 Å². The molecule has 1 aromatic carbocycles. The Balaban J connectivity index is 0.00000338. The van der Waals surface area contributed by atoms with E-state index in [0.717, 1.165) is 35.2 Å². The van der Waals surface area contributed by atoms with Crippen molar-refractivity contribution in [3.8, 4) is 5.75 Å². The Labute approximate surface area is 174 Å². The molecule has 9 heteroatoms. The van der Waals surface area contributed by atoms with Crippen LogP contribution in [0, 0.1) is 6.92 Å². The van der Waals surface area contributed by atoms with Crippen LogP contribution in [0.5, 0.6) is 5.75 Å². The molecule has 2 aromatic rings. The van der Waals surface area contributed by atoms with Gasteiger partial charge in [0.25, 0.3) is 5.91 Å². The van der Waals surface area contributed by atoms with Crippen LogP contribution in [0.2, 0.25) is 0 Å². The number of amides is 1. The summed E-state index contributed by atoms with van der Waals surface area (Å²) in [7, 11) is 1.73. The van der Waals surface area contributed by atoms with Gasteiger partial charge in [0.15, 0.2) is 12.6 Å². The van der Waals surface area contributed by atoms with Crippen molar-refractivity contribution in [3.63, 3.8) is 0 Å². The number of rotatable bonds is 8. The maximum Gasteiger partial charge on any atom is 0.255 e. The molecule has 7 nitrogen and oxygen atoms in total. The predicted molar refractivity (Wildman–Crippen MR) is 115 cm³/mol. The molecule has 4 N–H and O–H groups in total. The van der Waals surface area contributed by atoms with E-state index in [-0.39, 0.29) is 30.6 Å². The quantitative estimate of drug-likeness (QED) is 0.299. The molecule has 26 heavy (non-hydrogen) atoms. The number of hydrogen-bond donors (Lipinski definition) is 3. The third-order valence-corrected chi connectivity index (χ3v) is 4.13. The minimum atomic E-state index is -0.497. The zero-order valence-electron chi connectivity index (χ0n) is 14.8. The van der Waals surface area contributed by atoms with E-state index in [1.54, 1.807) is 24.5 Å². The van der Waals surface area contributed by atoms with Gasteiger partial charge < -0.3 is 21.1 Å². The van der Waals surface area contributed by atoms with Crippen molar-refractivity contribution < 1.29 is 9.53 Å². The molecule has 0 radical (unpaired) electrons. The number of halogens is 1. The number of nitrogens with zero attached hydrogens (tertiary/aromatic N) is 2. The summed E-state index contributed by atoms with van der Waals surface area (Å²) in [5.41, 5.74) is 7.18. The van der Waals surface area contributed by atoms with Gasteiger partial charge in [-0.2, -0.15) is 0 Å². The lowest BCUT2D eigenvalue weighted by Gasteiger charge is -2.12. The number of hydrogen-bond acceptors (Lipinski definition) is 5. The molecule has 1 aromatic heterocycles. The first-order valence-electron chi connectivity index (χ1n) is 7.92. The van der Waals surface area contributed by atoms with Gasteiger partial charge in [-0.15, -0.1) is 35.3 Å². The van der Waals surface area contributed by atoms with Crippen molar-refractivity contribution in [1.29, 1.82) is 0 Å².